The van der Waals surface area contributed by atoms with Gasteiger partial charge < -0.3 is 15.7 Å². The van der Waals surface area contributed by atoms with Crippen LogP contribution >= 0.6 is 0 Å². The normalized spacial score (nSPS) is 12.6. The third-order valence-electron chi connectivity index (χ3n) is 2.36. The molecule has 0 radical (unpaired) electrons. The summed E-state index contributed by atoms with van der Waals surface area (Å²) in [5, 5.41) is 15.9. The number of aliphatic hydroxyl groups excluding tert-OH is 1. The summed E-state index contributed by atoms with van der Waals surface area (Å²) in [6, 6.07) is 1.83. The van der Waals surface area contributed by atoms with Gasteiger partial charge in [-0.25, -0.2) is 9.97 Å². The van der Waals surface area contributed by atoms with Gasteiger partial charge in [-0.2, -0.15) is 0 Å². The lowest BCUT2D eigenvalue weighted by Gasteiger charge is -2.14. The molecule has 0 aliphatic carbocycles. The molecule has 1 heterocycles. The minimum absolute atomic E-state index is 0.344. The Labute approximate surface area is 103 Å². The highest BCUT2D eigenvalue weighted by atomic mass is 16.3. The number of aryl methyl sites for hydroxylation is 1. The fourth-order valence-corrected chi connectivity index (χ4v) is 1.64. The molecule has 0 spiro atoms. The number of hydrogen-bond acceptors (Lipinski definition) is 5. The molecular formula is C12H22N4O. The molecule has 3 N–H and O–H groups in total. The molecule has 0 fully saturated rings. The predicted octanol–water partition coefficient (Wildman–Crippen LogP) is 1.65. The third kappa shape index (κ3) is 4.99. The van der Waals surface area contributed by atoms with E-state index < -0.39 is 0 Å². The van der Waals surface area contributed by atoms with Gasteiger partial charge in [0.25, 0.3) is 0 Å². The van der Waals surface area contributed by atoms with Crippen molar-refractivity contribution in [2.45, 2.75) is 33.3 Å². The first-order valence-corrected chi connectivity index (χ1v) is 5.96. The zero-order valence-corrected chi connectivity index (χ0v) is 11.0. The molecule has 0 aromatic carbocycles. The largest absolute Gasteiger partial charge is 0.391 e. The minimum Gasteiger partial charge on any atom is -0.391 e. The van der Waals surface area contributed by atoms with Crippen LogP contribution in [0.1, 0.15) is 26.1 Å². The molecule has 1 aromatic rings. The van der Waals surface area contributed by atoms with Crippen LogP contribution in [0.25, 0.3) is 0 Å². The quantitative estimate of drug-likeness (QED) is 0.703. The van der Waals surface area contributed by atoms with E-state index in [1.54, 1.807) is 0 Å². The van der Waals surface area contributed by atoms with Gasteiger partial charge in [0.1, 0.15) is 17.5 Å². The van der Waals surface area contributed by atoms with Crippen molar-refractivity contribution in [3.8, 4) is 0 Å². The smallest absolute Gasteiger partial charge is 0.131 e. The number of aromatic nitrogens is 2. The van der Waals surface area contributed by atoms with Gasteiger partial charge in [-0.3, -0.25) is 0 Å². The molecule has 1 unspecified atom stereocenters. The maximum absolute atomic E-state index is 9.76. The zero-order valence-electron chi connectivity index (χ0n) is 11.0. The van der Waals surface area contributed by atoms with Gasteiger partial charge in [-0.05, 0) is 19.3 Å². The Hall–Kier alpha value is -1.36. The van der Waals surface area contributed by atoms with E-state index >= 15 is 0 Å². The van der Waals surface area contributed by atoms with E-state index in [-0.39, 0.29) is 6.10 Å². The second-order valence-electron chi connectivity index (χ2n) is 4.60. The van der Waals surface area contributed by atoms with Crippen molar-refractivity contribution < 1.29 is 5.11 Å². The molecule has 17 heavy (non-hydrogen) atoms. The molecule has 1 atom stereocenters. The van der Waals surface area contributed by atoms with Gasteiger partial charge in [0, 0.05) is 19.7 Å². The maximum Gasteiger partial charge on any atom is 0.131 e. The second-order valence-corrected chi connectivity index (χ2v) is 4.60. The first-order valence-electron chi connectivity index (χ1n) is 5.96. The average molecular weight is 238 g/mol. The molecule has 96 valence electrons. The van der Waals surface area contributed by atoms with Crippen molar-refractivity contribution >= 4 is 11.6 Å². The van der Waals surface area contributed by atoms with Crippen molar-refractivity contribution in [2.24, 2.45) is 5.92 Å². The molecule has 5 heteroatoms. The Morgan fingerprint density at radius 2 is 1.94 bits per heavy atom. The van der Waals surface area contributed by atoms with Gasteiger partial charge in [0.05, 0.1) is 6.10 Å². The fraction of sp³-hybridized carbons (Fsp3) is 0.667. The van der Waals surface area contributed by atoms with Crippen LogP contribution in [-0.2, 0) is 0 Å². The third-order valence-corrected chi connectivity index (χ3v) is 2.36. The van der Waals surface area contributed by atoms with Crippen LogP contribution in [0, 0.1) is 12.8 Å². The van der Waals surface area contributed by atoms with Crippen molar-refractivity contribution in [3.05, 3.63) is 11.9 Å². The van der Waals surface area contributed by atoms with E-state index in [2.05, 4.69) is 34.4 Å². The van der Waals surface area contributed by atoms with E-state index in [0.29, 0.717) is 18.3 Å². The number of hydrogen-bond donors (Lipinski definition) is 3. The summed E-state index contributed by atoms with van der Waals surface area (Å²) in [5.41, 5.74) is 0. The second kappa shape index (κ2) is 6.39. The van der Waals surface area contributed by atoms with Crippen molar-refractivity contribution in [2.75, 3.05) is 24.2 Å². The number of anilines is 2. The molecule has 0 bridgehead atoms. The molecule has 1 rings (SSSR count). The first kappa shape index (κ1) is 13.7. The Morgan fingerprint density at radius 3 is 2.53 bits per heavy atom. The van der Waals surface area contributed by atoms with E-state index in [9.17, 15) is 5.11 Å². The molecule has 0 aliphatic heterocycles. The lowest BCUT2D eigenvalue weighted by molar-refractivity contribution is 0.161. The van der Waals surface area contributed by atoms with Gasteiger partial charge in [0.2, 0.25) is 0 Å². The molecule has 0 saturated heterocycles. The van der Waals surface area contributed by atoms with Crippen LogP contribution in [0.15, 0.2) is 6.07 Å². The molecule has 0 amide bonds. The Kier molecular flexibility index (Phi) is 5.15. The predicted molar refractivity (Wildman–Crippen MR) is 70.3 cm³/mol. The molecule has 1 aromatic heterocycles. The first-order chi connectivity index (χ1) is 8.01. The van der Waals surface area contributed by atoms with Gasteiger partial charge in [0.15, 0.2) is 0 Å². The van der Waals surface area contributed by atoms with Gasteiger partial charge in [-0.1, -0.05) is 13.8 Å². The number of nitrogens with one attached hydrogen (secondary N) is 2. The highest BCUT2D eigenvalue weighted by Gasteiger charge is 2.07. The molecule has 5 nitrogen and oxygen atoms in total. The van der Waals surface area contributed by atoms with E-state index in [1.807, 2.05) is 20.0 Å². The fourth-order valence-electron chi connectivity index (χ4n) is 1.64. The minimum atomic E-state index is -0.344. The van der Waals surface area contributed by atoms with Crippen molar-refractivity contribution in [1.82, 2.24) is 9.97 Å². The summed E-state index contributed by atoms with van der Waals surface area (Å²) >= 11 is 0. The average Bonchev–Trinajstić information content (AvgIpc) is 2.24. The van der Waals surface area contributed by atoms with Gasteiger partial charge >= 0.3 is 0 Å². The summed E-state index contributed by atoms with van der Waals surface area (Å²) in [6.07, 6.45) is 0.443. The van der Waals surface area contributed by atoms with Crippen LogP contribution in [0.2, 0.25) is 0 Å². The summed E-state index contributed by atoms with van der Waals surface area (Å²) < 4.78 is 0. The lowest BCUT2D eigenvalue weighted by atomic mass is 10.1. The summed E-state index contributed by atoms with van der Waals surface area (Å²) in [7, 11) is 1.82. The summed E-state index contributed by atoms with van der Waals surface area (Å²) in [6.45, 7) is 6.54. The van der Waals surface area contributed by atoms with Crippen LogP contribution in [0.3, 0.4) is 0 Å². The molecular weight excluding hydrogens is 216 g/mol. The standard InChI is InChI=1S/C12H22N4O/c1-8(2)5-10(17)7-14-12-6-11(13-4)15-9(3)16-12/h6,8,10,17H,5,7H2,1-4H3,(H2,13,14,15,16). The Balaban J connectivity index is 2.54. The SMILES string of the molecule is CNc1cc(NCC(O)CC(C)C)nc(C)n1. The number of aliphatic hydroxyl groups is 1. The highest BCUT2D eigenvalue weighted by molar-refractivity contribution is 5.47. The highest BCUT2D eigenvalue weighted by Crippen LogP contribution is 2.11. The summed E-state index contributed by atoms with van der Waals surface area (Å²) in [5.74, 6) is 2.72. The van der Waals surface area contributed by atoms with Crippen LogP contribution < -0.4 is 10.6 Å². The molecule has 0 aliphatic rings. The monoisotopic (exact) mass is 238 g/mol. The maximum atomic E-state index is 9.76. The van der Waals surface area contributed by atoms with E-state index in [1.165, 1.54) is 0 Å². The van der Waals surface area contributed by atoms with Crippen LogP contribution in [-0.4, -0.2) is 34.8 Å². The Bertz CT molecular complexity index is 354. The lowest BCUT2D eigenvalue weighted by Crippen LogP contribution is -2.21. The zero-order chi connectivity index (χ0) is 12.8. The van der Waals surface area contributed by atoms with Crippen molar-refractivity contribution in [3.63, 3.8) is 0 Å². The Morgan fingerprint density at radius 1 is 1.29 bits per heavy atom. The number of rotatable bonds is 6. The van der Waals surface area contributed by atoms with Crippen LogP contribution in [0.4, 0.5) is 11.6 Å². The van der Waals surface area contributed by atoms with Crippen molar-refractivity contribution in [1.29, 1.82) is 0 Å². The number of nitrogens with zero attached hydrogens (tertiary/aromatic N) is 2. The summed E-state index contributed by atoms with van der Waals surface area (Å²) in [4.78, 5) is 8.46. The van der Waals surface area contributed by atoms with Crippen LogP contribution in [0.5, 0.6) is 0 Å². The molecule has 0 saturated carbocycles. The van der Waals surface area contributed by atoms with E-state index in [4.69, 9.17) is 0 Å². The van der Waals surface area contributed by atoms with Gasteiger partial charge in [-0.15, -0.1) is 0 Å². The topological polar surface area (TPSA) is 70.1 Å². The van der Waals surface area contributed by atoms with E-state index in [0.717, 1.165) is 18.1 Å².